The highest BCUT2D eigenvalue weighted by Gasteiger charge is 2.01. The van der Waals surface area contributed by atoms with Crippen LogP contribution in [-0.4, -0.2) is 10.2 Å². The molecule has 0 saturated carbocycles. The zero-order chi connectivity index (χ0) is 15.4. The number of benzene rings is 1. The average molecular weight is 286 g/mol. The molecule has 8 nitrogen and oxygen atoms in total. The predicted octanol–water partition coefficient (Wildman–Crippen LogP) is -0.403. The number of nitrogens with two attached hydrogens (primary N) is 4. The van der Waals surface area contributed by atoms with Gasteiger partial charge in [-0.05, 0) is 0 Å². The molecule has 112 valence electrons. The summed E-state index contributed by atoms with van der Waals surface area (Å²) in [6.45, 7) is 4.00. The van der Waals surface area contributed by atoms with E-state index >= 15 is 0 Å². The minimum absolute atomic E-state index is 0.376. The van der Waals surface area contributed by atoms with Gasteiger partial charge in [-0.1, -0.05) is 13.8 Å². The van der Waals surface area contributed by atoms with Gasteiger partial charge in [0.2, 0.25) is 0 Å². The maximum Gasteiger partial charge on any atom is 0.352 e. The Morgan fingerprint density at radius 3 is 1.45 bits per heavy atom. The number of rotatable bonds is 6. The summed E-state index contributed by atoms with van der Waals surface area (Å²) in [7, 11) is 0. The first-order valence-corrected chi connectivity index (χ1v) is 5.97. The van der Waals surface area contributed by atoms with Crippen LogP contribution < -0.4 is 22.4 Å². The van der Waals surface area contributed by atoms with Crippen molar-refractivity contribution < 1.29 is 30.5 Å². The second-order valence-corrected chi connectivity index (χ2v) is 3.25. The fraction of sp³-hybridized carbons (Fsp3) is 0.167. The molecule has 0 unspecified atom stereocenters. The number of hydrogen-bond donors (Lipinski definition) is 6. The molecule has 0 fully saturated rings. The van der Waals surface area contributed by atoms with Crippen molar-refractivity contribution in [2.75, 3.05) is 0 Å². The molecule has 1 rings (SSSR count). The van der Waals surface area contributed by atoms with Gasteiger partial charge in [0.05, 0.1) is 0 Å². The van der Waals surface area contributed by atoms with E-state index in [9.17, 15) is 0 Å². The molecule has 0 radical (unpaired) electrons. The topological polar surface area (TPSA) is 144 Å². The zero-order valence-corrected chi connectivity index (χ0v) is 11.5. The number of hydrogen-bond acceptors (Lipinski definition) is 6. The number of aliphatic hydroxyl groups excluding tert-OH is 2. The predicted molar refractivity (Wildman–Crippen MR) is 72.9 cm³/mol. The standard InChI is InChI=1S/C10H14N4O4.C2H6/c11-17-9(15)5-13-7-1-2-8(4-3-7)14-6-10(16)18-12;1-2/h1-6,13-16H,11-12H2;1-2H3/p+2/b9-5-,10-6-;. The Balaban J connectivity index is 0.00000172. The summed E-state index contributed by atoms with van der Waals surface area (Å²) in [5, 5.41) is 21.2. The van der Waals surface area contributed by atoms with Crippen LogP contribution in [0.3, 0.4) is 0 Å². The summed E-state index contributed by atoms with van der Waals surface area (Å²) in [5.41, 5.74) is 1.69. The molecule has 0 bridgehead atoms. The van der Waals surface area contributed by atoms with Crippen LogP contribution in [0.15, 0.2) is 48.6 Å². The Kier molecular flexibility index (Phi) is 9.44. The normalized spacial score (nSPS) is 11.4. The van der Waals surface area contributed by atoms with Crippen LogP contribution in [0, 0.1) is 0 Å². The number of aliphatic hydroxyl groups is 2. The van der Waals surface area contributed by atoms with Crippen LogP contribution in [0.5, 0.6) is 0 Å². The van der Waals surface area contributed by atoms with Crippen molar-refractivity contribution in [1.82, 2.24) is 0 Å². The summed E-state index contributed by atoms with van der Waals surface area (Å²) in [4.78, 5) is 8.18. The molecule has 1 aromatic rings. The summed E-state index contributed by atoms with van der Waals surface area (Å²) in [5.74, 6) is 8.74. The molecule has 0 aliphatic heterocycles. The van der Waals surface area contributed by atoms with Crippen molar-refractivity contribution in [3.63, 3.8) is 0 Å². The third-order valence-electron chi connectivity index (χ3n) is 2.01. The monoisotopic (exact) mass is 286 g/mol. The molecule has 10 N–H and O–H groups in total. The van der Waals surface area contributed by atoms with Gasteiger partial charge in [0.15, 0.2) is 12.4 Å². The lowest BCUT2D eigenvalue weighted by atomic mass is 10.3. The summed E-state index contributed by atoms with van der Waals surface area (Å²) in [6.07, 6.45) is 2.65. The van der Waals surface area contributed by atoms with E-state index < -0.39 is 0 Å². The Hall–Kier alpha value is -2.26. The van der Waals surface area contributed by atoms with Gasteiger partial charge >= 0.3 is 11.9 Å². The lowest BCUT2D eigenvalue weighted by molar-refractivity contribution is -0.504. The van der Waals surface area contributed by atoms with Crippen LogP contribution in [-0.2, 0) is 9.68 Å². The van der Waals surface area contributed by atoms with Crippen molar-refractivity contribution in [2.24, 2.45) is 11.8 Å². The second kappa shape index (κ2) is 10.6. The van der Waals surface area contributed by atoms with Crippen LogP contribution in [0.4, 0.5) is 11.4 Å². The minimum atomic E-state index is -0.376. The van der Waals surface area contributed by atoms with E-state index in [1.54, 1.807) is 34.9 Å². The molecular formula is C12H22N4O4+2. The first kappa shape index (κ1) is 17.7. The molecule has 0 aliphatic rings. The minimum Gasteiger partial charge on any atom is -0.476 e. The molecule has 0 spiro atoms. The zero-order valence-electron chi connectivity index (χ0n) is 11.5. The molecule has 8 heteroatoms. The Bertz CT molecular complexity index is 391. The molecule has 20 heavy (non-hydrogen) atoms. The number of quaternary nitrogens is 2. The van der Waals surface area contributed by atoms with Gasteiger partial charge in [0, 0.05) is 24.3 Å². The third kappa shape index (κ3) is 7.24. The van der Waals surface area contributed by atoms with E-state index in [2.05, 4.69) is 9.68 Å². The van der Waals surface area contributed by atoms with Gasteiger partial charge in [-0.3, -0.25) is 10.6 Å². The summed E-state index contributed by atoms with van der Waals surface area (Å²) in [6, 6.07) is 7.22. The fourth-order valence-electron chi connectivity index (χ4n) is 1.13. The highest BCUT2D eigenvalue weighted by Crippen LogP contribution is 2.04. The highest BCUT2D eigenvalue weighted by atomic mass is 16.7. The smallest absolute Gasteiger partial charge is 0.352 e. The second-order valence-electron chi connectivity index (χ2n) is 3.25. The van der Waals surface area contributed by atoms with E-state index in [1.165, 1.54) is 12.4 Å². The quantitative estimate of drug-likeness (QED) is 0.238. The third-order valence-corrected chi connectivity index (χ3v) is 2.01. The molecule has 0 amide bonds. The van der Waals surface area contributed by atoms with Crippen molar-refractivity contribution in [3.8, 4) is 0 Å². The Morgan fingerprint density at radius 2 is 1.20 bits per heavy atom. The van der Waals surface area contributed by atoms with E-state index in [4.69, 9.17) is 22.0 Å². The van der Waals surface area contributed by atoms with Gasteiger partial charge in [-0.15, -0.1) is 0 Å². The van der Waals surface area contributed by atoms with Gasteiger partial charge in [-0.2, -0.15) is 11.8 Å². The fourth-order valence-corrected chi connectivity index (χ4v) is 1.13. The summed E-state index contributed by atoms with van der Waals surface area (Å²) >= 11 is 0. The first-order valence-electron chi connectivity index (χ1n) is 5.97. The summed E-state index contributed by atoms with van der Waals surface area (Å²) < 4.78 is 0. The lowest BCUT2D eigenvalue weighted by Gasteiger charge is -1.98. The Morgan fingerprint density at radius 1 is 0.900 bits per heavy atom. The van der Waals surface area contributed by atoms with Gasteiger partial charge in [-0.25, -0.2) is 0 Å². The SMILES string of the molecule is CC.NO/C(O)=C\[NH2+]c1ccc([NH2+]/C=C(/O)ON)cc1. The van der Waals surface area contributed by atoms with Crippen molar-refractivity contribution in [2.45, 2.75) is 13.8 Å². The molecule has 0 atom stereocenters. The van der Waals surface area contributed by atoms with Gasteiger partial charge < -0.3 is 19.9 Å². The van der Waals surface area contributed by atoms with Crippen molar-refractivity contribution in [3.05, 3.63) is 48.6 Å². The van der Waals surface area contributed by atoms with Crippen LogP contribution in [0.2, 0.25) is 0 Å². The van der Waals surface area contributed by atoms with Crippen molar-refractivity contribution >= 4 is 11.4 Å². The van der Waals surface area contributed by atoms with E-state index in [-0.39, 0.29) is 11.9 Å². The largest absolute Gasteiger partial charge is 0.476 e. The molecule has 0 aliphatic carbocycles. The molecular weight excluding hydrogens is 264 g/mol. The van der Waals surface area contributed by atoms with Gasteiger partial charge in [0.25, 0.3) is 0 Å². The molecule has 0 heterocycles. The molecule has 0 saturated heterocycles. The maximum absolute atomic E-state index is 8.96. The maximum atomic E-state index is 8.96. The van der Waals surface area contributed by atoms with E-state index in [0.29, 0.717) is 0 Å². The lowest BCUT2D eigenvalue weighted by Crippen LogP contribution is -2.72. The van der Waals surface area contributed by atoms with Crippen molar-refractivity contribution in [1.29, 1.82) is 0 Å². The van der Waals surface area contributed by atoms with Crippen LogP contribution in [0.1, 0.15) is 13.8 Å². The van der Waals surface area contributed by atoms with Gasteiger partial charge in [0.1, 0.15) is 11.4 Å². The van der Waals surface area contributed by atoms with E-state index in [1.807, 2.05) is 13.8 Å². The molecule has 0 aromatic heterocycles. The first-order chi connectivity index (χ1) is 9.65. The van der Waals surface area contributed by atoms with Crippen LogP contribution in [0.25, 0.3) is 0 Å². The average Bonchev–Trinajstić information content (AvgIpc) is 2.53. The Labute approximate surface area is 117 Å². The van der Waals surface area contributed by atoms with Crippen LogP contribution >= 0.6 is 0 Å². The highest BCUT2D eigenvalue weighted by molar-refractivity contribution is 5.38. The van der Waals surface area contributed by atoms with E-state index in [0.717, 1.165) is 11.4 Å². The molecule has 1 aromatic carbocycles.